The number of rotatable bonds is 7. The fraction of sp³-hybridized carbons (Fsp3) is 0.545. The topological polar surface area (TPSA) is 64.2 Å². The second kappa shape index (κ2) is 8.26. The van der Waals surface area contributed by atoms with Gasteiger partial charge in [-0.2, -0.15) is 0 Å². The Morgan fingerprint density at radius 2 is 1.96 bits per heavy atom. The molecular formula is C22H29ClN4O. The molecule has 1 unspecified atom stereocenters. The molecule has 0 radical (unpaired) electrons. The monoisotopic (exact) mass is 400 g/mol. The summed E-state index contributed by atoms with van der Waals surface area (Å²) in [7, 11) is 0. The van der Waals surface area contributed by atoms with Gasteiger partial charge in [0.05, 0.1) is 12.4 Å². The Hall–Kier alpha value is -1.85. The lowest BCUT2D eigenvalue weighted by Gasteiger charge is -2.43. The third kappa shape index (κ3) is 4.76. The van der Waals surface area contributed by atoms with Crippen molar-refractivity contribution in [3.05, 3.63) is 53.6 Å². The molecule has 1 atom stereocenters. The molecule has 5 nitrogen and oxygen atoms in total. The van der Waals surface area contributed by atoms with Crippen molar-refractivity contribution in [2.75, 3.05) is 13.1 Å². The molecule has 1 aliphatic carbocycles. The summed E-state index contributed by atoms with van der Waals surface area (Å²) < 4.78 is 2.20. The maximum atomic E-state index is 12.9. The fourth-order valence-electron chi connectivity index (χ4n) is 4.53. The molecule has 1 aromatic heterocycles. The molecule has 28 heavy (non-hydrogen) atoms. The van der Waals surface area contributed by atoms with Crippen LogP contribution in [0.4, 0.5) is 0 Å². The number of benzene rings is 1. The van der Waals surface area contributed by atoms with Crippen LogP contribution in [0.15, 0.2) is 43.0 Å². The van der Waals surface area contributed by atoms with Crippen LogP contribution in [0.25, 0.3) is 0 Å². The Kier molecular flexibility index (Phi) is 5.74. The summed E-state index contributed by atoms with van der Waals surface area (Å²) in [5.74, 6) is 0.940. The third-order valence-corrected chi connectivity index (χ3v) is 6.57. The molecule has 0 spiro atoms. The SMILES string of the molecule is NC(Cc1ccc(Cl)cc1)C(=O)N1CCC(CC2CC2)(Cn2ccnc2)CC1. The Morgan fingerprint density at radius 1 is 1.25 bits per heavy atom. The normalized spacial score (nSPS) is 20.1. The molecule has 150 valence electrons. The number of imidazole rings is 1. The minimum atomic E-state index is -0.495. The summed E-state index contributed by atoms with van der Waals surface area (Å²) in [5, 5.41) is 0.699. The molecule has 2 heterocycles. The lowest BCUT2D eigenvalue weighted by molar-refractivity contribution is -0.135. The van der Waals surface area contributed by atoms with Crippen molar-refractivity contribution in [1.82, 2.24) is 14.5 Å². The smallest absolute Gasteiger partial charge is 0.239 e. The number of carbonyl (C=O) groups is 1. The molecule has 1 aliphatic heterocycles. The third-order valence-electron chi connectivity index (χ3n) is 6.32. The number of nitrogens with two attached hydrogens (primary N) is 1. The van der Waals surface area contributed by atoms with Gasteiger partial charge in [-0.25, -0.2) is 4.98 Å². The molecule has 1 amide bonds. The molecule has 2 aliphatic rings. The molecule has 2 N–H and O–H groups in total. The second-order valence-corrected chi connectivity index (χ2v) is 9.08. The number of aromatic nitrogens is 2. The first-order valence-corrected chi connectivity index (χ1v) is 10.7. The highest BCUT2D eigenvalue weighted by molar-refractivity contribution is 6.30. The van der Waals surface area contributed by atoms with Crippen LogP contribution in [0.1, 0.15) is 37.7 Å². The average molecular weight is 401 g/mol. The first-order valence-electron chi connectivity index (χ1n) is 10.3. The number of piperidine rings is 1. The van der Waals surface area contributed by atoms with Crippen molar-refractivity contribution in [3.63, 3.8) is 0 Å². The maximum absolute atomic E-state index is 12.9. The van der Waals surface area contributed by atoms with Gasteiger partial charge in [0.15, 0.2) is 0 Å². The Bertz CT molecular complexity index is 777. The van der Waals surface area contributed by atoms with E-state index in [0.29, 0.717) is 11.4 Å². The van der Waals surface area contributed by atoms with E-state index in [4.69, 9.17) is 17.3 Å². The lowest BCUT2D eigenvalue weighted by Crippen LogP contribution is -2.50. The van der Waals surface area contributed by atoms with Gasteiger partial charge in [-0.3, -0.25) is 4.79 Å². The molecule has 2 aromatic rings. The quantitative estimate of drug-likeness (QED) is 0.773. The van der Waals surface area contributed by atoms with Crippen molar-refractivity contribution in [1.29, 1.82) is 0 Å². The average Bonchev–Trinajstić information content (AvgIpc) is 3.35. The van der Waals surface area contributed by atoms with E-state index in [1.807, 2.05) is 47.9 Å². The van der Waals surface area contributed by atoms with Crippen molar-refractivity contribution in [2.45, 2.75) is 51.1 Å². The minimum absolute atomic E-state index is 0.0672. The molecule has 4 rings (SSSR count). The molecule has 2 fully saturated rings. The predicted octanol–water partition coefficient (Wildman–Crippen LogP) is 3.52. The first-order chi connectivity index (χ1) is 13.5. The molecule has 1 saturated carbocycles. The molecule has 6 heteroatoms. The maximum Gasteiger partial charge on any atom is 0.239 e. The standard InChI is InChI=1S/C22H29ClN4O/c23-19-5-3-17(4-6-19)13-20(24)21(28)27-10-7-22(8-11-27,14-18-1-2-18)15-26-12-9-25-16-26/h3-6,9,12,16,18,20H,1-2,7-8,10-11,13-15,24H2. The van der Waals surface area contributed by atoms with Crippen LogP contribution >= 0.6 is 11.6 Å². The van der Waals surface area contributed by atoms with Crippen LogP contribution in [0.2, 0.25) is 5.02 Å². The van der Waals surface area contributed by atoms with Crippen LogP contribution in [0.5, 0.6) is 0 Å². The Labute approximate surface area is 171 Å². The number of halogens is 1. The van der Waals surface area contributed by atoms with Gasteiger partial charge in [0, 0.05) is 37.1 Å². The van der Waals surface area contributed by atoms with Crippen LogP contribution < -0.4 is 5.73 Å². The number of carbonyl (C=O) groups excluding carboxylic acids is 1. The summed E-state index contributed by atoms with van der Waals surface area (Å²) in [4.78, 5) is 19.1. The highest BCUT2D eigenvalue weighted by Gasteiger charge is 2.41. The second-order valence-electron chi connectivity index (χ2n) is 8.64. The van der Waals surface area contributed by atoms with Crippen LogP contribution in [-0.4, -0.2) is 39.5 Å². The van der Waals surface area contributed by atoms with Crippen molar-refractivity contribution >= 4 is 17.5 Å². The summed E-state index contributed by atoms with van der Waals surface area (Å²) >= 11 is 5.94. The zero-order valence-electron chi connectivity index (χ0n) is 16.3. The van der Waals surface area contributed by atoms with Crippen LogP contribution in [-0.2, 0) is 17.8 Å². The van der Waals surface area contributed by atoms with Crippen molar-refractivity contribution < 1.29 is 4.79 Å². The highest BCUT2D eigenvalue weighted by Crippen LogP contribution is 2.46. The fourth-order valence-corrected chi connectivity index (χ4v) is 4.65. The van der Waals surface area contributed by atoms with Crippen molar-refractivity contribution in [2.24, 2.45) is 17.1 Å². The van der Waals surface area contributed by atoms with Crippen molar-refractivity contribution in [3.8, 4) is 0 Å². The summed E-state index contributed by atoms with van der Waals surface area (Å²) in [6.07, 6.45) is 12.4. The lowest BCUT2D eigenvalue weighted by atomic mass is 9.74. The predicted molar refractivity (Wildman–Crippen MR) is 111 cm³/mol. The van der Waals surface area contributed by atoms with Gasteiger partial charge in [-0.15, -0.1) is 0 Å². The number of likely N-dealkylation sites (tertiary alicyclic amines) is 1. The minimum Gasteiger partial charge on any atom is -0.341 e. The van der Waals surface area contributed by atoms with E-state index in [1.165, 1.54) is 19.3 Å². The van der Waals surface area contributed by atoms with Gasteiger partial charge in [-0.1, -0.05) is 36.6 Å². The highest BCUT2D eigenvalue weighted by atomic mass is 35.5. The van der Waals surface area contributed by atoms with Gasteiger partial charge in [0.1, 0.15) is 0 Å². The Morgan fingerprint density at radius 3 is 2.57 bits per heavy atom. The van der Waals surface area contributed by atoms with Gasteiger partial charge < -0.3 is 15.2 Å². The number of amides is 1. The summed E-state index contributed by atoms with van der Waals surface area (Å²) in [5.41, 5.74) is 7.57. The van der Waals surface area contributed by atoms with E-state index in [2.05, 4.69) is 9.55 Å². The van der Waals surface area contributed by atoms with E-state index in [1.54, 1.807) is 0 Å². The summed E-state index contributed by atoms with van der Waals surface area (Å²) in [6, 6.07) is 7.08. The van der Waals surface area contributed by atoms with Gasteiger partial charge >= 0.3 is 0 Å². The Balaban J connectivity index is 1.35. The molecule has 1 aromatic carbocycles. The van der Waals surface area contributed by atoms with Gasteiger partial charge in [-0.05, 0) is 54.7 Å². The molecule has 1 saturated heterocycles. The number of hydrogen-bond acceptors (Lipinski definition) is 3. The van der Waals surface area contributed by atoms with E-state index in [-0.39, 0.29) is 11.3 Å². The van der Waals surface area contributed by atoms with Crippen LogP contribution in [0, 0.1) is 11.3 Å². The zero-order valence-corrected chi connectivity index (χ0v) is 17.0. The van der Waals surface area contributed by atoms with E-state index < -0.39 is 6.04 Å². The van der Waals surface area contributed by atoms with Gasteiger partial charge in [0.25, 0.3) is 0 Å². The van der Waals surface area contributed by atoms with Crippen LogP contribution in [0.3, 0.4) is 0 Å². The summed E-state index contributed by atoms with van der Waals surface area (Å²) in [6.45, 7) is 2.60. The van der Waals surface area contributed by atoms with E-state index in [9.17, 15) is 4.79 Å². The molecular weight excluding hydrogens is 372 g/mol. The number of nitrogens with zero attached hydrogens (tertiary/aromatic N) is 3. The van der Waals surface area contributed by atoms with E-state index >= 15 is 0 Å². The first kappa shape index (κ1) is 19.5. The van der Waals surface area contributed by atoms with E-state index in [0.717, 1.165) is 44.0 Å². The molecule has 0 bridgehead atoms. The number of hydrogen-bond donors (Lipinski definition) is 1. The largest absolute Gasteiger partial charge is 0.341 e. The zero-order chi connectivity index (χ0) is 19.6. The van der Waals surface area contributed by atoms with Gasteiger partial charge in [0.2, 0.25) is 5.91 Å².